The van der Waals surface area contributed by atoms with Gasteiger partial charge in [-0.25, -0.2) is 4.79 Å². The van der Waals surface area contributed by atoms with Gasteiger partial charge in [-0.15, -0.1) is 0 Å². The van der Waals surface area contributed by atoms with Crippen molar-refractivity contribution >= 4 is 11.8 Å². The number of hydrogen-bond acceptors (Lipinski definition) is 4. The molecule has 3 unspecified atom stereocenters. The minimum absolute atomic E-state index is 0.538. The molecular weight excluding hydrogens is 280 g/mol. The lowest BCUT2D eigenvalue weighted by atomic mass is 9.69. The molecule has 1 aliphatic rings. The first kappa shape index (κ1) is 14.5. The molecule has 3 atom stereocenters. The highest BCUT2D eigenvalue weighted by Crippen LogP contribution is 2.44. The van der Waals surface area contributed by atoms with E-state index in [1.165, 1.54) is 0 Å². The molecule has 112 valence electrons. The smallest absolute Gasteiger partial charge is 0.343 e. The van der Waals surface area contributed by atoms with Crippen molar-refractivity contribution < 1.29 is 19.4 Å². The van der Waals surface area contributed by atoms with Gasteiger partial charge in [-0.3, -0.25) is 4.79 Å². The first-order chi connectivity index (χ1) is 10.5. The Kier molecular flexibility index (Phi) is 3.54. The first-order valence-electron chi connectivity index (χ1n) is 7.08. The molecule has 1 heterocycles. The van der Waals surface area contributed by atoms with Crippen LogP contribution in [0.25, 0.3) is 0 Å². The lowest BCUT2D eigenvalue weighted by Gasteiger charge is -2.41. The van der Waals surface area contributed by atoms with E-state index < -0.39 is 29.4 Å². The molecule has 1 N–H and O–H groups in total. The van der Waals surface area contributed by atoms with Crippen molar-refractivity contribution in [2.45, 2.75) is 24.5 Å². The van der Waals surface area contributed by atoms with Gasteiger partial charge in [0.25, 0.3) is 0 Å². The Labute approximate surface area is 128 Å². The van der Waals surface area contributed by atoms with Gasteiger partial charge in [0.1, 0.15) is 6.10 Å². The van der Waals surface area contributed by atoms with Gasteiger partial charge >= 0.3 is 5.97 Å². The Morgan fingerprint density at radius 3 is 2.09 bits per heavy atom. The molecule has 0 aliphatic carbocycles. The normalized spacial score (nSPS) is 28.3. The number of Topliss-reactive ketones (excluding diaryl/α,β-unsaturated/α-hetero) is 1. The second-order valence-corrected chi connectivity index (χ2v) is 5.56. The standard InChI is InChI=1S/C18H16O4/c1-18(13-10-6-3-7-11-13)15(20)14(19)17(21)22-16(18)12-8-4-2-5-9-12/h2-11,14,16,19H,1H3. The second kappa shape index (κ2) is 5.39. The summed E-state index contributed by atoms with van der Waals surface area (Å²) in [5.41, 5.74) is 0.304. The number of hydrogen-bond donors (Lipinski definition) is 1. The number of aliphatic hydroxyl groups excluding tert-OH is 1. The molecule has 22 heavy (non-hydrogen) atoms. The number of ketones is 1. The van der Waals surface area contributed by atoms with Crippen molar-refractivity contribution in [1.82, 2.24) is 0 Å². The van der Waals surface area contributed by atoms with Gasteiger partial charge in [-0.05, 0) is 18.1 Å². The summed E-state index contributed by atoms with van der Waals surface area (Å²) in [6.45, 7) is 1.71. The maximum absolute atomic E-state index is 12.7. The predicted molar refractivity (Wildman–Crippen MR) is 80.1 cm³/mol. The number of carbonyl (C=O) groups is 2. The Bertz CT molecular complexity index is 696. The molecule has 1 aliphatic heterocycles. The highest BCUT2D eigenvalue weighted by molar-refractivity contribution is 6.09. The van der Waals surface area contributed by atoms with Crippen LogP contribution in [0.3, 0.4) is 0 Å². The lowest BCUT2D eigenvalue weighted by Crippen LogP contribution is -2.54. The summed E-state index contributed by atoms with van der Waals surface area (Å²) in [6, 6.07) is 18.2. The predicted octanol–water partition coefficient (Wildman–Crippen LogP) is 2.17. The van der Waals surface area contributed by atoms with Crippen molar-refractivity contribution in [2.24, 2.45) is 0 Å². The van der Waals surface area contributed by atoms with Gasteiger partial charge in [0.2, 0.25) is 6.10 Å². The van der Waals surface area contributed by atoms with E-state index in [0.717, 1.165) is 5.56 Å². The molecular formula is C18H16O4. The van der Waals surface area contributed by atoms with Crippen LogP contribution in [0.5, 0.6) is 0 Å². The molecule has 1 fully saturated rings. The summed E-state index contributed by atoms with van der Waals surface area (Å²) < 4.78 is 5.42. The van der Waals surface area contributed by atoms with Crippen LogP contribution in [0.4, 0.5) is 0 Å². The Balaban J connectivity index is 2.17. The van der Waals surface area contributed by atoms with Crippen molar-refractivity contribution in [3.8, 4) is 0 Å². The Morgan fingerprint density at radius 2 is 1.50 bits per heavy atom. The SMILES string of the molecule is CC1(c2ccccc2)C(=O)C(O)C(=O)OC1c1ccccc1. The average molecular weight is 296 g/mol. The van der Waals surface area contributed by atoms with Crippen LogP contribution in [0.15, 0.2) is 60.7 Å². The van der Waals surface area contributed by atoms with Crippen LogP contribution in [0, 0.1) is 0 Å². The van der Waals surface area contributed by atoms with E-state index in [2.05, 4.69) is 0 Å². The third kappa shape index (κ3) is 2.12. The van der Waals surface area contributed by atoms with Gasteiger partial charge in [0, 0.05) is 0 Å². The molecule has 4 nitrogen and oxygen atoms in total. The first-order valence-corrected chi connectivity index (χ1v) is 7.08. The molecule has 0 bridgehead atoms. The van der Waals surface area contributed by atoms with Gasteiger partial charge in [-0.2, -0.15) is 0 Å². The molecule has 0 aromatic heterocycles. The molecule has 1 saturated heterocycles. The molecule has 2 aromatic rings. The quantitative estimate of drug-likeness (QED) is 0.681. The zero-order valence-corrected chi connectivity index (χ0v) is 12.1. The van der Waals surface area contributed by atoms with Crippen molar-refractivity contribution in [3.63, 3.8) is 0 Å². The number of ether oxygens (including phenoxy) is 1. The van der Waals surface area contributed by atoms with Gasteiger partial charge in [0.05, 0.1) is 5.41 Å². The second-order valence-electron chi connectivity index (χ2n) is 5.56. The third-order valence-corrected chi connectivity index (χ3v) is 4.22. The largest absolute Gasteiger partial charge is 0.454 e. The van der Waals surface area contributed by atoms with E-state index in [1.54, 1.807) is 19.1 Å². The zero-order chi connectivity index (χ0) is 15.7. The van der Waals surface area contributed by atoms with Gasteiger partial charge < -0.3 is 9.84 Å². The highest BCUT2D eigenvalue weighted by atomic mass is 16.6. The zero-order valence-electron chi connectivity index (χ0n) is 12.1. The molecule has 3 rings (SSSR count). The van der Waals surface area contributed by atoms with Crippen LogP contribution >= 0.6 is 0 Å². The summed E-state index contributed by atoms with van der Waals surface area (Å²) in [5, 5.41) is 9.88. The molecule has 0 radical (unpaired) electrons. The van der Waals surface area contributed by atoms with Crippen LogP contribution in [-0.2, 0) is 19.7 Å². The fourth-order valence-corrected chi connectivity index (χ4v) is 2.93. The topological polar surface area (TPSA) is 63.6 Å². The molecule has 0 spiro atoms. The van der Waals surface area contributed by atoms with Crippen molar-refractivity contribution in [2.75, 3.05) is 0 Å². The fraction of sp³-hybridized carbons (Fsp3) is 0.222. The monoisotopic (exact) mass is 296 g/mol. The Hall–Kier alpha value is -2.46. The molecule has 0 amide bonds. The minimum atomic E-state index is -1.75. The number of esters is 1. The van der Waals surface area contributed by atoms with Crippen LogP contribution < -0.4 is 0 Å². The lowest BCUT2D eigenvalue weighted by molar-refractivity contribution is -0.179. The summed E-state index contributed by atoms with van der Waals surface area (Å²) in [7, 11) is 0. The molecule has 4 heteroatoms. The highest BCUT2D eigenvalue weighted by Gasteiger charge is 2.54. The van der Waals surface area contributed by atoms with E-state index in [0.29, 0.717) is 5.56 Å². The number of aliphatic hydroxyl groups is 1. The van der Waals surface area contributed by atoms with Crippen molar-refractivity contribution in [1.29, 1.82) is 0 Å². The van der Waals surface area contributed by atoms with E-state index in [-0.39, 0.29) is 0 Å². The molecule has 2 aromatic carbocycles. The third-order valence-electron chi connectivity index (χ3n) is 4.22. The number of cyclic esters (lactones) is 1. The van der Waals surface area contributed by atoms with E-state index >= 15 is 0 Å². The summed E-state index contributed by atoms with van der Waals surface area (Å²) in [5.74, 6) is -1.43. The van der Waals surface area contributed by atoms with E-state index in [1.807, 2.05) is 48.5 Å². The Morgan fingerprint density at radius 1 is 0.955 bits per heavy atom. The van der Waals surface area contributed by atoms with E-state index in [4.69, 9.17) is 4.74 Å². The summed E-state index contributed by atoms with van der Waals surface area (Å²) in [6.07, 6.45) is -2.51. The van der Waals surface area contributed by atoms with Gasteiger partial charge in [-0.1, -0.05) is 60.7 Å². The van der Waals surface area contributed by atoms with Crippen LogP contribution in [0.1, 0.15) is 24.2 Å². The number of benzene rings is 2. The number of rotatable bonds is 2. The summed E-state index contributed by atoms with van der Waals surface area (Å²) >= 11 is 0. The summed E-state index contributed by atoms with van der Waals surface area (Å²) in [4.78, 5) is 24.5. The maximum Gasteiger partial charge on any atom is 0.343 e. The van der Waals surface area contributed by atoms with Crippen LogP contribution in [-0.4, -0.2) is 23.0 Å². The maximum atomic E-state index is 12.7. The fourth-order valence-electron chi connectivity index (χ4n) is 2.93. The number of carbonyl (C=O) groups excluding carboxylic acids is 2. The van der Waals surface area contributed by atoms with Gasteiger partial charge in [0.15, 0.2) is 5.78 Å². The average Bonchev–Trinajstić information content (AvgIpc) is 2.58. The molecule has 0 saturated carbocycles. The minimum Gasteiger partial charge on any atom is -0.454 e. The van der Waals surface area contributed by atoms with Crippen LogP contribution in [0.2, 0.25) is 0 Å². The van der Waals surface area contributed by atoms with Crippen molar-refractivity contribution in [3.05, 3.63) is 71.8 Å². The van der Waals surface area contributed by atoms with E-state index in [9.17, 15) is 14.7 Å².